The highest BCUT2D eigenvalue weighted by atomic mass is 16.5. The van der Waals surface area contributed by atoms with Crippen molar-refractivity contribution in [2.24, 2.45) is 7.05 Å². The van der Waals surface area contributed by atoms with E-state index in [-0.39, 0.29) is 0 Å². The predicted octanol–water partition coefficient (Wildman–Crippen LogP) is 1.76. The molecular weight excluding hydrogens is 242 g/mol. The van der Waals surface area contributed by atoms with E-state index >= 15 is 0 Å². The van der Waals surface area contributed by atoms with Gasteiger partial charge in [0.2, 0.25) is 0 Å². The van der Waals surface area contributed by atoms with Gasteiger partial charge < -0.3 is 9.09 Å². The van der Waals surface area contributed by atoms with Gasteiger partial charge >= 0.3 is 0 Å². The van der Waals surface area contributed by atoms with Gasteiger partial charge in [-0.2, -0.15) is 0 Å². The van der Waals surface area contributed by atoms with Crippen molar-refractivity contribution >= 4 is 0 Å². The van der Waals surface area contributed by atoms with Crippen molar-refractivity contribution in [2.75, 3.05) is 6.54 Å². The second-order valence-corrected chi connectivity index (χ2v) is 5.21. The van der Waals surface area contributed by atoms with Gasteiger partial charge in [0.25, 0.3) is 0 Å². The quantitative estimate of drug-likeness (QED) is 0.842. The summed E-state index contributed by atoms with van der Waals surface area (Å²) in [7, 11) is 2.01. The van der Waals surface area contributed by atoms with E-state index in [0.717, 1.165) is 42.6 Å². The van der Waals surface area contributed by atoms with Gasteiger partial charge in [-0.05, 0) is 33.2 Å². The SMILES string of the molecule is Cc1cc([C@H]2CCCN2Cc2nnc(C)n2C)no1. The van der Waals surface area contributed by atoms with Crippen LogP contribution < -0.4 is 0 Å². The van der Waals surface area contributed by atoms with Crippen LogP contribution in [-0.2, 0) is 13.6 Å². The van der Waals surface area contributed by atoms with Crippen LogP contribution in [0.5, 0.6) is 0 Å². The Morgan fingerprint density at radius 2 is 2.21 bits per heavy atom. The monoisotopic (exact) mass is 261 g/mol. The summed E-state index contributed by atoms with van der Waals surface area (Å²) < 4.78 is 7.24. The molecule has 2 aromatic heterocycles. The van der Waals surface area contributed by atoms with E-state index in [9.17, 15) is 0 Å². The summed E-state index contributed by atoms with van der Waals surface area (Å²) in [5, 5.41) is 12.5. The summed E-state index contributed by atoms with van der Waals surface area (Å²) in [6, 6.07) is 2.37. The zero-order valence-corrected chi connectivity index (χ0v) is 11.6. The normalized spacial score (nSPS) is 20.3. The topological polar surface area (TPSA) is 60.0 Å². The molecule has 102 valence electrons. The van der Waals surface area contributed by atoms with Crippen molar-refractivity contribution in [1.82, 2.24) is 24.8 Å². The van der Waals surface area contributed by atoms with E-state index < -0.39 is 0 Å². The first kappa shape index (κ1) is 12.3. The van der Waals surface area contributed by atoms with Crippen molar-refractivity contribution in [1.29, 1.82) is 0 Å². The van der Waals surface area contributed by atoms with Gasteiger partial charge in [0, 0.05) is 13.1 Å². The van der Waals surface area contributed by atoms with Crippen LogP contribution >= 0.6 is 0 Å². The van der Waals surface area contributed by atoms with Crippen LogP contribution in [0.2, 0.25) is 0 Å². The number of nitrogens with zero attached hydrogens (tertiary/aromatic N) is 5. The third kappa shape index (κ3) is 2.28. The highest BCUT2D eigenvalue weighted by Gasteiger charge is 2.29. The molecular formula is C13H19N5O. The maximum atomic E-state index is 5.19. The van der Waals surface area contributed by atoms with Gasteiger partial charge in [-0.15, -0.1) is 10.2 Å². The molecule has 0 aliphatic carbocycles. The number of likely N-dealkylation sites (tertiary alicyclic amines) is 1. The molecule has 1 saturated heterocycles. The van der Waals surface area contributed by atoms with Gasteiger partial charge in [-0.1, -0.05) is 5.16 Å². The fourth-order valence-electron chi connectivity index (χ4n) is 2.66. The van der Waals surface area contributed by atoms with E-state index in [1.807, 2.05) is 31.5 Å². The molecule has 3 rings (SSSR count). The molecule has 0 aromatic carbocycles. The molecule has 1 atom stereocenters. The van der Waals surface area contributed by atoms with Crippen LogP contribution in [0.25, 0.3) is 0 Å². The standard InChI is InChI=1S/C13H19N5O/c1-9-7-11(16-19-9)12-5-4-6-18(12)8-13-15-14-10(2)17(13)3/h7,12H,4-6,8H2,1-3H3/t12-/m1/s1. The zero-order chi connectivity index (χ0) is 13.4. The van der Waals surface area contributed by atoms with Crippen molar-refractivity contribution in [3.8, 4) is 0 Å². The van der Waals surface area contributed by atoms with Crippen LogP contribution in [0.1, 0.15) is 42.0 Å². The third-order valence-corrected chi connectivity index (χ3v) is 3.88. The van der Waals surface area contributed by atoms with E-state index in [2.05, 4.69) is 20.3 Å². The maximum Gasteiger partial charge on any atom is 0.146 e. The van der Waals surface area contributed by atoms with Crippen molar-refractivity contribution < 1.29 is 4.52 Å². The first-order valence-electron chi connectivity index (χ1n) is 6.67. The highest BCUT2D eigenvalue weighted by Crippen LogP contribution is 2.32. The maximum absolute atomic E-state index is 5.19. The minimum Gasteiger partial charge on any atom is -0.361 e. The minimum absolute atomic E-state index is 0.342. The molecule has 1 aliphatic rings. The number of hydrogen-bond acceptors (Lipinski definition) is 5. The summed E-state index contributed by atoms with van der Waals surface area (Å²) >= 11 is 0. The van der Waals surface area contributed by atoms with Crippen molar-refractivity contribution in [2.45, 2.75) is 39.3 Å². The van der Waals surface area contributed by atoms with Crippen LogP contribution in [0.15, 0.2) is 10.6 Å². The fraction of sp³-hybridized carbons (Fsp3) is 0.615. The lowest BCUT2D eigenvalue weighted by Crippen LogP contribution is -2.24. The Morgan fingerprint density at radius 3 is 2.84 bits per heavy atom. The average molecular weight is 261 g/mol. The molecule has 3 heterocycles. The lowest BCUT2D eigenvalue weighted by molar-refractivity contribution is 0.228. The number of aromatic nitrogens is 4. The Kier molecular flexibility index (Phi) is 3.10. The van der Waals surface area contributed by atoms with Crippen LogP contribution in [0.4, 0.5) is 0 Å². The van der Waals surface area contributed by atoms with E-state index in [0.29, 0.717) is 6.04 Å². The Hall–Kier alpha value is -1.69. The molecule has 0 unspecified atom stereocenters. The summed E-state index contributed by atoms with van der Waals surface area (Å²) in [5.74, 6) is 2.82. The number of aryl methyl sites for hydroxylation is 2. The Morgan fingerprint density at radius 1 is 1.37 bits per heavy atom. The van der Waals surface area contributed by atoms with Crippen LogP contribution in [0, 0.1) is 13.8 Å². The molecule has 2 aromatic rings. The molecule has 0 radical (unpaired) electrons. The largest absolute Gasteiger partial charge is 0.361 e. The Balaban J connectivity index is 1.78. The molecule has 0 spiro atoms. The van der Waals surface area contributed by atoms with E-state index in [4.69, 9.17) is 4.52 Å². The minimum atomic E-state index is 0.342. The van der Waals surface area contributed by atoms with Crippen molar-refractivity contribution in [3.63, 3.8) is 0 Å². The lowest BCUT2D eigenvalue weighted by atomic mass is 10.1. The van der Waals surface area contributed by atoms with Gasteiger partial charge in [0.05, 0.1) is 12.6 Å². The molecule has 0 amide bonds. The van der Waals surface area contributed by atoms with Crippen LogP contribution in [-0.4, -0.2) is 31.4 Å². The first-order chi connectivity index (χ1) is 9.15. The second-order valence-electron chi connectivity index (χ2n) is 5.21. The molecule has 6 heteroatoms. The summed E-state index contributed by atoms with van der Waals surface area (Å²) in [5.41, 5.74) is 1.04. The Labute approximate surface area is 112 Å². The fourth-order valence-corrected chi connectivity index (χ4v) is 2.66. The average Bonchev–Trinajstić information content (AvgIpc) is 3.07. The van der Waals surface area contributed by atoms with Crippen LogP contribution in [0.3, 0.4) is 0 Å². The number of hydrogen-bond donors (Lipinski definition) is 0. The van der Waals surface area contributed by atoms with E-state index in [1.165, 1.54) is 6.42 Å². The molecule has 1 aliphatic heterocycles. The zero-order valence-electron chi connectivity index (χ0n) is 11.6. The third-order valence-electron chi connectivity index (χ3n) is 3.88. The molecule has 19 heavy (non-hydrogen) atoms. The highest BCUT2D eigenvalue weighted by molar-refractivity contribution is 5.11. The van der Waals surface area contributed by atoms with Crippen molar-refractivity contribution in [3.05, 3.63) is 29.2 Å². The number of rotatable bonds is 3. The predicted molar refractivity (Wildman–Crippen MR) is 69.4 cm³/mol. The summed E-state index contributed by atoms with van der Waals surface area (Å²) in [6.45, 7) is 5.79. The van der Waals surface area contributed by atoms with Gasteiger partial charge in [-0.3, -0.25) is 4.90 Å². The Bertz CT molecular complexity index is 573. The van der Waals surface area contributed by atoms with Gasteiger partial charge in [0.15, 0.2) is 0 Å². The molecule has 0 saturated carbocycles. The lowest BCUT2D eigenvalue weighted by Gasteiger charge is -2.21. The second kappa shape index (κ2) is 4.77. The van der Waals surface area contributed by atoms with Gasteiger partial charge in [0.1, 0.15) is 23.1 Å². The molecule has 1 fully saturated rings. The molecule has 0 N–H and O–H groups in total. The first-order valence-corrected chi connectivity index (χ1v) is 6.67. The van der Waals surface area contributed by atoms with Gasteiger partial charge in [-0.25, -0.2) is 0 Å². The summed E-state index contributed by atoms with van der Waals surface area (Å²) in [4.78, 5) is 2.40. The molecule has 6 nitrogen and oxygen atoms in total. The van der Waals surface area contributed by atoms with E-state index in [1.54, 1.807) is 0 Å². The smallest absolute Gasteiger partial charge is 0.146 e. The summed E-state index contributed by atoms with van der Waals surface area (Å²) in [6.07, 6.45) is 2.32. The molecule has 0 bridgehead atoms.